The first kappa shape index (κ1) is 10.8. The summed E-state index contributed by atoms with van der Waals surface area (Å²) in [6.45, 7) is 3.25. The van der Waals surface area contributed by atoms with E-state index >= 15 is 0 Å². The summed E-state index contributed by atoms with van der Waals surface area (Å²) in [5, 5.41) is 28.3. The van der Waals surface area contributed by atoms with Crippen LogP contribution in [0.4, 0.5) is 0 Å². The van der Waals surface area contributed by atoms with Gasteiger partial charge < -0.3 is 21.1 Å². The molecule has 0 aromatic heterocycles. The predicted molar refractivity (Wildman–Crippen MR) is 53.1 cm³/mol. The van der Waals surface area contributed by atoms with Gasteiger partial charge in [0.1, 0.15) is 11.5 Å². The highest BCUT2D eigenvalue weighted by atomic mass is 16.3. The first-order valence-corrected chi connectivity index (χ1v) is 4.39. The Kier molecular flexibility index (Phi) is 2.98. The molecule has 1 aromatic carbocycles. The minimum Gasteiger partial charge on any atom is -0.507 e. The van der Waals surface area contributed by atoms with Crippen LogP contribution in [0.2, 0.25) is 0 Å². The maximum atomic E-state index is 9.54. The van der Waals surface area contributed by atoms with E-state index in [1.165, 1.54) is 19.1 Å². The zero-order valence-corrected chi connectivity index (χ0v) is 8.23. The fraction of sp³-hybridized carbons (Fsp3) is 0.400. The third kappa shape index (κ3) is 1.97. The number of hydrogen-bond acceptors (Lipinski definition) is 4. The Hall–Kier alpha value is -1.26. The summed E-state index contributed by atoms with van der Waals surface area (Å²) in [7, 11) is 0. The van der Waals surface area contributed by atoms with E-state index in [-0.39, 0.29) is 17.1 Å². The molecule has 0 fully saturated rings. The van der Waals surface area contributed by atoms with E-state index < -0.39 is 12.1 Å². The molecule has 14 heavy (non-hydrogen) atoms. The first-order chi connectivity index (χ1) is 6.43. The average molecular weight is 197 g/mol. The predicted octanol–water partition coefficient (Wildman–Crippen LogP) is 0.787. The molecule has 0 aliphatic heterocycles. The molecule has 0 unspecified atom stereocenters. The fourth-order valence-corrected chi connectivity index (χ4v) is 1.34. The number of rotatable bonds is 2. The van der Waals surface area contributed by atoms with Gasteiger partial charge in [-0.05, 0) is 31.5 Å². The van der Waals surface area contributed by atoms with E-state index in [9.17, 15) is 15.3 Å². The highest BCUT2D eigenvalue weighted by Crippen LogP contribution is 2.34. The van der Waals surface area contributed by atoms with Crippen molar-refractivity contribution in [2.24, 2.45) is 5.73 Å². The molecule has 1 aromatic rings. The van der Waals surface area contributed by atoms with E-state index in [1.807, 2.05) is 0 Å². The third-order valence-electron chi connectivity index (χ3n) is 2.13. The highest BCUT2D eigenvalue weighted by Gasteiger charge is 2.20. The number of hydrogen-bond donors (Lipinski definition) is 4. The SMILES string of the molecule is Cc1cc(O)c([C@@H](N)[C@@H](C)O)c(O)c1. The average Bonchev–Trinajstić information content (AvgIpc) is 2.01. The summed E-state index contributed by atoms with van der Waals surface area (Å²) in [6.07, 6.45) is -0.825. The van der Waals surface area contributed by atoms with Gasteiger partial charge >= 0.3 is 0 Å². The standard InChI is InChI=1S/C10H15NO3/c1-5-3-7(13)9(8(14)4-5)10(11)6(2)12/h3-4,6,10,12-14H,11H2,1-2H3/t6-,10+/m1/s1. The normalized spacial score (nSPS) is 15.1. The van der Waals surface area contributed by atoms with Gasteiger partial charge in [-0.15, -0.1) is 0 Å². The highest BCUT2D eigenvalue weighted by molar-refractivity contribution is 5.48. The van der Waals surface area contributed by atoms with Crippen LogP contribution < -0.4 is 5.73 Å². The molecular weight excluding hydrogens is 182 g/mol. The van der Waals surface area contributed by atoms with E-state index in [1.54, 1.807) is 6.92 Å². The maximum absolute atomic E-state index is 9.54. The third-order valence-corrected chi connectivity index (χ3v) is 2.13. The van der Waals surface area contributed by atoms with Crippen molar-refractivity contribution in [1.29, 1.82) is 0 Å². The minimum atomic E-state index is -0.825. The van der Waals surface area contributed by atoms with Gasteiger partial charge in [0.05, 0.1) is 17.7 Å². The summed E-state index contributed by atoms with van der Waals surface area (Å²) >= 11 is 0. The van der Waals surface area contributed by atoms with Crippen molar-refractivity contribution in [1.82, 2.24) is 0 Å². The lowest BCUT2D eigenvalue weighted by atomic mass is 9.99. The lowest BCUT2D eigenvalue weighted by Gasteiger charge is -2.18. The summed E-state index contributed by atoms with van der Waals surface area (Å²) < 4.78 is 0. The van der Waals surface area contributed by atoms with Crippen molar-refractivity contribution in [3.05, 3.63) is 23.3 Å². The van der Waals surface area contributed by atoms with Crippen molar-refractivity contribution < 1.29 is 15.3 Å². The number of aliphatic hydroxyl groups excluding tert-OH is 1. The Morgan fingerprint density at radius 2 is 1.64 bits per heavy atom. The molecule has 1 rings (SSSR count). The second-order valence-electron chi connectivity index (χ2n) is 3.48. The number of aromatic hydroxyl groups is 2. The number of aliphatic hydroxyl groups is 1. The van der Waals surface area contributed by atoms with Crippen LogP contribution in [0.3, 0.4) is 0 Å². The molecule has 0 saturated heterocycles. The Balaban J connectivity index is 3.20. The summed E-state index contributed by atoms with van der Waals surface area (Å²) in [5.74, 6) is -0.174. The molecule has 4 nitrogen and oxygen atoms in total. The molecule has 0 saturated carbocycles. The largest absolute Gasteiger partial charge is 0.507 e. The van der Waals surface area contributed by atoms with E-state index in [4.69, 9.17) is 5.73 Å². The van der Waals surface area contributed by atoms with Crippen LogP contribution in [0.5, 0.6) is 11.5 Å². The molecule has 0 spiro atoms. The molecule has 0 bridgehead atoms. The molecule has 0 amide bonds. The Morgan fingerprint density at radius 3 is 2.00 bits per heavy atom. The van der Waals surface area contributed by atoms with E-state index in [2.05, 4.69) is 0 Å². The molecule has 5 N–H and O–H groups in total. The molecule has 0 heterocycles. The number of nitrogens with two attached hydrogens (primary N) is 1. The maximum Gasteiger partial charge on any atom is 0.124 e. The van der Waals surface area contributed by atoms with Gasteiger partial charge in [-0.3, -0.25) is 0 Å². The molecule has 0 aliphatic carbocycles. The molecule has 4 heteroatoms. The van der Waals surface area contributed by atoms with Gasteiger partial charge in [-0.25, -0.2) is 0 Å². The van der Waals surface area contributed by atoms with Crippen molar-refractivity contribution in [3.8, 4) is 11.5 Å². The molecule has 78 valence electrons. The second kappa shape index (κ2) is 3.86. The van der Waals surface area contributed by atoms with E-state index in [0.717, 1.165) is 5.56 Å². The lowest BCUT2D eigenvalue weighted by Crippen LogP contribution is -2.23. The Labute approximate surface area is 82.6 Å². The van der Waals surface area contributed by atoms with Crippen LogP contribution in [0, 0.1) is 6.92 Å². The van der Waals surface area contributed by atoms with Crippen molar-refractivity contribution in [2.45, 2.75) is 26.0 Å². The Morgan fingerprint density at radius 1 is 1.21 bits per heavy atom. The van der Waals surface area contributed by atoms with Crippen molar-refractivity contribution in [2.75, 3.05) is 0 Å². The number of phenols is 2. The summed E-state index contributed by atoms with van der Waals surface area (Å²) in [4.78, 5) is 0. The van der Waals surface area contributed by atoms with Crippen molar-refractivity contribution >= 4 is 0 Å². The van der Waals surface area contributed by atoms with Gasteiger partial charge in [0, 0.05) is 0 Å². The van der Waals surface area contributed by atoms with Crippen LogP contribution >= 0.6 is 0 Å². The zero-order chi connectivity index (χ0) is 10.9. The van der Waals surface area contributed by atoms with Crippen LogP contribution in [0.15, 0.2) is 12.1 Å². The van der Waals surface area contributed by atoms with Gasteiger partial charge in [-0.2, -0.15) is 0 Å². The van der Waals surface area contributed by atoms with Gasteiger partial charge in [0.2, 0.25) is 0 Å². The zero-order valence-electron chi connectivity index (χ0n) is 8.23. The van der Waals surface area contributed by atoms with Gasteiger partial charge in [0.15, 0.2) is 0 Å². The van der Waals surface area contributed by atoms with Gasteiger partial charge in [0.25, 0.3) is 0 Å². The topological polar surface area (TPSA) is 86.7 Å². The first-order valence-electron chi connectivity index (χ1n) is 4.39. The lowest BCUT2D eigenvalue weighted by molar-refractivity contribution is 0.161. The second-order valence-corrected chi connectivity index (χ2v) is 3.48. The molecule has 0 aliphatic rings. The molecule has 2 atom stereocenters. The monoisotopic (exact) mass is 197 g/mol. The van der Waals surface area contributed by atoms with Crippen LogP contribution in [0.1, 0.15) is 24.1 Å². The number of phenolic OH excluding ortho intramolecular Hbond substituents is 2. The van der Waals surface area contributed by atoms with E-state index in [0.29, 0.717) is 0 Å². The van der Waals surface area contributed by atoms with Crippen molar-refractivity contribution in [3.63, 3.8) is 0 Å². The minimum absolute atomic E-state index is 0.0871. The smallest absolute Gasteiger partial charge is 0.124 e. The van der Waals surface area contributed by atoms with Crippen LogP contribution in [-0.4, -0.2) is 21.4 Å². The fourth-order valence-electron chi connectivity index (χ4n) is 1.34. The Bertz CT molecular complexity index is 313. The molecule has 0 radical (unpaired) electrons. The van der Waals surface area contributed by atoms with Crippen LogP contribution in [0.25, 0.3) is 0 Å². The number of benzene rings is 1. The summed E-state index contributed by atoms with van der Waals surface area (Å²) in [5.41, 5.74) is 6.54. The van der Waals surface area contributed by atoms with Crippen LogP contribution in [-0.2, 0) is 0 Å². The number of aryl methyl sites for hydroxylation is 1. The summed E-state index contributed by atoms with van der Waals surface area (Å²) in [6, 6.07) is 2.21. The van der Waals surface area contributed by atoms with Gasteiger partial charge in [-0.1, -0.05) is 0 Å². The quantitative estimate of drug-likeness (QED) is 0.564. The molecular formula is C10H15NO3.